The van der Waals surface area contributed by atoms with Gasteiger partial charge < -0.3 is 20.1 Å². The van der Waals surface area contributed by atoms with Crippen LogP contribution >= 0.6 is 11.3 Å². The summed E-state index contributed by atoms with van der Waals surface area (Å²) >= 11 is 1.65. The van der Waals surface area contributed by atoms with Gasteiger partial charge in [0, 0.05) is 26.3 Å². The van der Waals surface area contributed by atoms with Gasteiger partial charge in [-0.2, -0.15) is 11.3 Å². The van der Waals surface area contributed by atoms with Crippen molar-refractivity contribution in [3.8, 4) is 0 Å². The lowest BCUT2D eigenvalue weighted by molar-refractivity contribution is -0.154. The summed E-state index contributed by atoms with van der Waals surface area (Å²) < 4.78 is 11.2. The Hall–Kier alpha value is -0.950. The molecule has 0 bridgehead atoms. The van der Waals surface area contributed by atoms with Crippen LogP contribution in [-0.2, 0) is 14.3 Å². The lowest BCUT2D eigenvalue weighted by Gasteiger charge is -2.41. The van der Waals surface area contributed by atoms with Gasteiger partial charge in [0.25, 0.3) is 0 Å². The molecule has 1 atom stereocenters. The quantitative estimate of drug-likeness (QED) is 0.916. The smallest absolute Gasteiger partial charge is 0.230 e. The van der Waals surface area contributed by atoms with Gasteiger partial charge in [0.1, 0.15) is 6.10 Å². The van der Waals surface area contributed by atoms with E-state index in [2.05, 4.69) is 11.4 Å². The van der Waals surface area contributed by atoms with Crippen LogP contribution in [0.4, 0.5) is 0 Å². The summed E-state index contributed by atoms with van der Waals surface area (Å²) in [5.74, 6) is 0.178. The van der Waals surface area contributed by atoms with Crippen molar-refractivity contribution in [2.45, 2.75) is 18.9 Å². The van der Waals surface area contributed by atoms with Gasteiger partial charge in [0.15, 0.2) is 0 Å². The highest BCUT2D eigenvalue weighted by molar-refractivity contribution is 7.07. The van der Waals surface area contributed by atoms with Gasteiger partial charge in [-0.3, -0.25) is 4.79 Å². The van der Waals surface area contributed by atoms with E-state index in [4.69, 9.17) is 15.2 Å². The Morgan fingerprint density at radius 1 is 1.43 bits per heavy atom. The van der Waals surface area contributed by atoms with E-state index in [1.807, 2.05) is 10.3 Å². The van der Waals surface area contributed by atoms with Gasteiger partial charge in [-0.1, -0.05) is 0 Å². The summed E-state index contributed by atoms with van der Waals surface area (Å²) in [6, 6.07) is 2.07. The first-order valence-corrected chi connectivity index (χ1v) is 8.40. The van der Waals surface area contributed by atoms with E-state index < -0.39 is 5.41 Å². The minimum Gasteiger partial charge on any atom is -0.381 e. The Labute approximate surface area is 129 Å². The van der Waals surface area contributed by atoms with Crippen LogP contribution in [0.15, 0.2) is 16.8 Å². The first kappa shape index (κ1) is 15.0. The molecule has 2 saturated heterocycles. The molecule has 1 amide bonds. The van der Waals surface area contributed by atoms with E-state index in [9.17, 15) is 4.79 Å². The van der Waals surface area contributed by atoms with E-state index in [-0.39, 0.29) is 12.0 Å². The second-order valence-corrected chi connectivity index (χ2v) is 6.54. The molecular weight excluding hydrogens is 288 g/mol. The van der Waals surface area contributed by atoms with Crippen LogP contribution in [0.5, 0.6) is 0 Å². The standard InChI is InChI=1S/C15H22N2O3S/c16-11-15(2-5-19-6-3-15)14(18)17-4-7-20-13(9-17)12-1-8-21-10-12/h1,8,10,13H,2-7,9,11,16H2. The number of hydrogen-bond acceptors (Lipinski definition) is 5. The van der Waals surface area contributed by atoms with Crippen LogP contribution in [0.25, 0.3) is 0 Å². The van der Waals surface area contributed by atoms with Crippen molar-refractivity contribution in [2.24, 2.45) is 11.1 Å². The van der Waals surface area contributed by atoms with Crippen molar-refractivity contribution in [2.75, 3.05) is 39.5 Å². The molecule has 1 aromatic heterocycles. The molecule has 3 heterocycles. The molecule has 2 N–H and O–H groups in total. The second-order valence-electron chi connectivity index (χ2n) is 5.76. The number of nitrogens with zero attached hydrogens (tertiary/aromatic N) is 1. The number of carbonyl (C=O) groups is 1. The maximum atomic E-state index is 13.0. The van der Waals surface area contributed by atoms with E-state index in [0.717, 1.165) is 18.4 Å². The van der Waals surface area contributed by atoms with Gasteiger partial charge in [-0.25, -0.2) is 0 Å². The molecule has 3 rings (SSSR count). The zero-order chi connectivity index (χ0) is 14.7. The third-order valence-corrected chi connectivity index (χ3v) is 5.26. The second kappa shape index (κ2) is 6.44. The van der Waals surface area contributed by atoms with E-state index in [0.29, 0.717) is 39.5 Å². The van der Waals surface area contributed by atoms with Gasteiger partial charge in [-0.15, -0.1) is 0 Å². The Balaban J connectivity index is 1.71. The Kier molecular flexibility index (Phi) is 4.59. The highest BCUT2D eigenvalue weighted by Crippen LogP contribution is 2.34. The predicted octanol–water partition coefficient (Wildman–Crippen LogP) is 1.40. The molecule has 0 aliphatic carbocycles. The fourth-order valence-corrected chi connectivity index (χ4v) is 3.80. The molecule has 6 heteroatoms. The highest BCUT2D eigenvalue weighted by atomic mass is 32.1. The molecule has 2 aliphatic heterocycles. The number of thiophene rings is 1. The molecule has 5 nitrogen and oxygen atoms in total. The molecule has 0 saturated carbocycles. The minimum atomic E-state index is -0.436. The molecule has 21 heavy (non-hydrogen) atoms. The van der Waals surface area contributed by atoms with Crippen molar-refractivity contribution in [1.82, 2.24) is 4.90 Å². The summed E-state index contributed by atoms with van der Waals surface area (Å²) in [6.07, 6.45) is 1.44. The summed E-state index contributed by atoms with van der Waals surface area (Å²) in [7, 11) is 0. The van der Waals surface area contributed by atoms with Crippen molar-refractivity contribution in [1.29, 1.82) is 0 Å². The molecule has 2 fully saturated rings. The van der Waals surface area contributed by atoms with Gasteiger partial charge in [0.2, 0.25) is 5.91 Å². The van der Waals surface area contributed by atoms with Crippen LogP contribution in [-0.4, -0.2) is 50.3 Å². The van der Waals surface area contributed by atoms with Gasteiger partial charge in [0.05, 0.1) is 18.6 Å². The maximum Gasteiger partial charge on any atom is 0.230 e. The fourth-order valence-electron chi connectivity index (χ4n) is 3.10. The Morgan fingerprint density at radius 2 is 2.24 bits per heavy atom. The number of carbonyl (C=O) groups excluding carboxylic acids is 1. The first-order chi connectivity index (χ1) is 10.2. The topological polar surface area (TPSA) is 64.8 Å². The van der Waals surface area contributed by atoms with Gasteiger partial charge in [-0.05, 0) is 35.2 Å². The molecule has 2 aliphatic rings. The molecule has 0 spiro atoms. The number of rotatable bonds is 3. The van der Waals surface area contributed by atoms with Crippen molar-refractivity contribution in [3.63, 3.8) is 0 Å². The lowest BCUT2D eigenvalue weighted by Crippen LogP contribution is -2.54. The summed E-state index contributed by atoms with van der Waals surface area (Å²) in [5, 5.41) is 4.13. The van der Waals surface area contributed by atoms with Crippen molar-refractivity contribution >= 4 is 17.2 Å². The van der Waals surface area contributed by atoms with E-state index in [1.54, 1.807) is 11.3 Å². The summed E-state index contributed by atoms with van der Waals surface area (Å²) in [4.78, 5) is 14.9. The van der Waals surface area contributed by atoms with Gasteiger partial charge >= 0.3 is 0 Å². The molecule has 1 unspecified atom stereocenters. The maximum absolute atomic E-state index is 13.0. The normalized spacial score (nSPS) is 25.8. The predicted molar refractivity (Wildman–Crippen MR) is 81.1 cm³/mol. The van der Waals surface area contributed by atoms with Crippen molar-refractivity contribution < 1.29 is 14.3 Å². The van der Waals surface area contributed by atoms with E-state index in [1.165, 1.54) is 0 Å². The number of ether oxygens (including phenoxy) is 2. The highest BCUT2D eigenvalue weighted by Gasteiger charge is 2.42. The third kappa shape index (κ3) is 2.99. The molecule has 1 aromatic rings. The van der Waals surface area contributed by atoms with Crippen LogP contribution in [0, 0.1) is 5.41 Å². The zero-order valence-electron chi connectivity index (χ0n) is 12.1. The monoisotopic (exact) mass is 310 g/mol. The zero-order valence-corrected chi connectivity index (χ0v) is 12.9. The van der Waals surface area contributed by atoms with Crippen LogP contribution in [0.2, 0.25) is 0 Å². The number of hydrogen-bond donors (Lipinski definition) is 1. The molecule has 116 valence electrons. The minimum absolute atomic E-state index is 0.0105. The van der Waals surface area contributed by atoms with Crippen LogP contribution in [0.3, 0.4) is 0 Å². The summed E-state index contributed by atoms with van der Waals surface area (Å²) in [6.45, 7) is 3.52. The average Bonchev–Trinajstić information content (AvgIpc) is 3.09. The van der Waals surface area contributed by atoms with Crippen molar-refractivity contribution in [3.05, 3.63) is 22.4 Å². The van der Waals surface area contributed by atoms with Crippen LogP contribution in [0.1, 0.15) is 24.5 Å². The number of morpholine rings is 1. The summed E-state index contributed by atoms with van der Waals surface area (Å²) in [5.41, 5.74) is 6.67. The van der Waals surface area contributed by atoms with E-state index >= 15 is 0 Å². The average molecular weight is 310 g/mol. The number of amides is 1. The SMILES string of the molecule is NCC1(C(=O)N2CCOC(c3ccsc3)C2)CCOCC1. The number of nitrogens with two attached hydrogens (primary N) is 1. The Morgan fingerprint density at radius 3 is 2.90 bits per heavy atom. The fraction of sp³-hybridized carbons (Fsp3) is 0.667. The van der Waals surface area contributed by atoms with Crippen LogP contribution < -0.4 is 5.73 Å². The molecule has 0 radical (unpaired) electrons. The first-order valence-electron chi connectivity index (χ1n) is 7.46. The molecular formula is C15H22N2O3S. The Bertz CT molecular complexity index is 471. The molecule has 0 aromatic carbocycles. The lowest BCUT2D eigenvalue weighted by atomic mass is 9.78. The third-order valence-electron chi connectivity index (χ3n) is 4.56. The largest absolute Gasteiger partial charge is 0.381 e.